The van der Waals surface area contributed by atoms with Crippen LogP contribution in [0.1, 0.15) is 0 Å². The molecule has 0 bridgehead atoms. The van der Waals surface area contributed by atoms with E-state index < -0.39 is 0 Å². The molecule has 0 unspecified atom stereocenters. The fraction of sp³-hybridized carbons (Fsp3) is 0.375. The van der Waals surface area contributed by atoms with Crippen LogP contribution in [-0.2, 0) is 13.6 Å². The molecule has 0 saturated heterocycles. The van der Waals surface area contributed by atoms with Crippen LogP contribution in [0, 0.1) is 5.41 Å². The molecule has 0 atom stereocenters. The molecule has 0 spiro atoms. The van der Waals surface area contributed by atoms with Crippen molar-refractivity contribution in [1.82, 2.24) is 19.3 Å². The van der Waals surface area contributed by atoms with Crippen molar-refractivity contribution < 1.29 is 5.11 Å². The number of hydrogen-bond acceptors (Lipinski definition) is 4. The van der Waals surface area contributed by atoms with Crippen LogP contribution in [0.5, 0.6) is 0 Å². The molecule has 6 nitrogen and oxygen atoms in total. The number of nitrogens with zero attached hydrogens (tertiary/aromatic N) is 4. The van der Waals surface area contributed by atoms with E-state index >= 15 is 0 Å². The molecular formula is C8H11N5O. The summed E-state index contributed by atoms with van der Waals surface area (Å²) in [5.41, 5.74) is 1.02. The first kappa shape index (κ1) is 8.89. The van der Waals surface area contributed by atoms with E-state index in [9.17, 15) is 0 Å². The molecule has 2 heterocycles. The molecule has 2 aromatic heterocycles. The molecule has 6 heteroatoms. The molecule has 14 heavy (non-hydrogen) atoms. The van der Waals surface area contributed by atoms with Gasteiger partial charge in [-0.15, -0.1) is 0 Å². The smallest absolute Gasteiger partial charge is 0.162 e. The predicted octanol–water partition coefficient (Wildman–Crippen LogP) is -0.758. The van der Waals surface area contributed by atoms with Crippen LogP contribution in [0.25, 0.3) is 11.0 Å². The Hall–Kier alpha value is -1.69. The Morgan fingerprint density at radius 3 is 3.07 bits per heavy atom. The number of nitrogens with one attached hydrogen (secondary N) is 1. The van der Waals surface area contributed by atoms with E-state index in [1.165, 1.54) is 0 Å². The predicted molar refractivity (Wildman–Crippen MR) is 49.4 cm³/mol. The van der Waals surface area contributed by atoms with Gasteiger partial charge in [0.2, 0.25) is 0 Å². The molecule has 0 aliphatic carbocycles. The Morgan fingerprint density at radius 2 is 2.36 bits per heavy atom. The first-order chi connectivity index (χ1) is 6.74. The van der Waals surface area contributed by atoms with Gasteiger partial charge in [-0.2, -0.15) is 5.10 Å². The Balaban J connectivity index is 2.70. The van der Waals surface area contributed by atoms with Crippen LogP contribution < -0.4 is 5.49 Å². The molecule has 0 aliphatic heterocycles. The van der Waals surface area contributed by atoms with Crippen LogP contribution >= 0.6 is 0 Å². The van der Waals surface area contributed by atoms with Gasteiger partial charge in [-0.3, -0.25) is 10.1 Å². The van der Waals surface area contributed by atoms with Gasteiger partial charge < -0.3 is 9.67 Å². The molecule has 0 fully saturated rings. The van der Waals surface area contributed by atoms with E-state index in [4.69, 9.17) is 10.5 Å². The highest BCUT2D eigenvalue weighted by Crippen LogP contribution is 2.02. The molecule has 0 amide bonds. The molecule has 0 saturated carbocycles. The van der Waals surface area contributed by atoms with Crippen molar-refractivity contribution in [2.24, 2.45) is 7.05 Å². The molecule has 2 rings (SSSR count). The summed E-state index contributed by atoms with van der Waals surface area (Å²) in [6, 6.07) is 0. The van der Waals surface area contributed by atoms with E-state index in [1.54, 1.807) is 28.8 Å². The Kier molecular flexibility index (Phi) is 2.05. The van der Waals surface area contributed by atoms with Crippen LogP contribution in [0.15, 0.2) is 12.5 Å². The standard InChI is InChI=1S/C8H11N5O/c1-12-8-6(4-11-12)7(9)13(2-3-14)5-10-8/h4-5,9,14H,2-3H2,1H3. The molecule has 0 aliphatic rings. The lowest BCUT2D eigenvalue weighted by atomic mass is 10.4. The van der Waals surface area contributed by atoms with Gasteiger partial charge in [-0.05, 0) is 0 Å². The van der Waals surface area contributed by atoms with Crippen LogP contribution in [0.2, 0.25) is 0 Å². The summed E-state index contributed by atoms with van der Waals surface area (Å²) < 4.78 is 3.21. The summed E-state index contributed by atoms with van der Waals surface area (Å²) in [7, 11) is 1.78. The van der Waals surface area contributed by atoms with Crippen molar-refractivity contribution in [3.8, 4) is 0 Å². The van der Waals surface area contributed by atoms with Gasteiger partial charge in [-0.25, -0.2) is 4.98 Å². The molecule has 0 radical (unpaired) electrons. The fourth-order valence-electron chi connectivity index (χ4n) is 1.37. The summed E-state index contributed by atoms with van der Waals surface area (Å²) in [5, 5.41) is 21.3. The van der Waals surface area contributed by atoms with Gasteiger partial charge in [0.25, 0.3) is 0 Å². The van der Waals surface area contributed by atoms with Gasteiger partial charge in [-0.1, -0.05) is 0 Å². The molecule has 2 aromatic rings. The zero-order valence-corrected chi connectivity index (χ0v) is 7.80. The van der Waals surface area contributed by atoms with Crippen molar-refractivity contribution in [1.29, 1.82) is 5.41 Å². The lowest BCUT2D eigenvalue weighted by Gasteiger charge is -2.03. The van der Waals surface area contributed by atoms with E-state index in [2.05, 4.69) is 10.1 Å². The largest absolute Gasteiger partial charge is 0.395 e. The van der Waals surface area contributed by atoms with Crippen LogP contribution in [0.4, 0.5) is 0 Å². The second-order valence-corrected chi connectivity index (χ2v) is 3.02. The normalized spacial score (nSPS) is 11.0. The summed E-state index contributed by atoms with van der Waals surface area (Å²) in [6.45, 7) is 0.390. The first-order valence-corrected chi connectivity index (χ1v) is 4.26. The van der Waals surface area contributed by atoms with Gasteiger partial charge in [0.15, 0.2) is 5.65 Å². The maximum Gasteiger partial charge on any atom is 0.162 e. The SMILES string of the molecule is Cn1ncc2c(=N)n(CCO)cnc21. The molecule has 74 valence electrons. The Labute approximate surface area is 79.9 Å². The molecule has 0 aromatic carbocycles. The van der Waals surface area contributed by atoms with E-state index in [1.807, 2.05) is 0 Å². The minimum atomic E-state index is 0.00396. The van der Waals surface area contributed by atoms with E-state index in [0.29, 0.717) is 23.1 Å². The lowest BCUT2D eigenvalue weighted by molar-refractivity contribution is 0.273. The second kappa shape index (κ2) is 3.22. The average molecular weight is 193 g/mol. The first-order valence-electron chi connectivity index (χ1n) is 4.26. The van der Waals surface area contributed by atoms with Crippen molar-refractivity contribution in [3.05, 3.63) is 18.0 Å². The third-order valence-corrected chi connectivity index (χ3v) is 2.11. The third-order valence-electron chi connectivity index (χ3n) is 2.11. The van der Waals surface area contributed by atoms with Gasteiger partial charge >= 0.3 is 0 Å². The number of aliphatic hydroxyl groups is 1. The summed E-state index contributed by atoms with van der Waals surface area (Å²) in [5.74, 6) is 0. The van der Waals surface area contributed by atoms with Crippen molar-refractivity contribution in [2.75, 3.05) is 6.61 Å². The van der Waals surface area contributed by atoms with Crippen molar-refractivity contribution in [2.45, 2.75) is 6.54 Å². The van der Waals surface area contributed by atoms with E-state index in [0.717, 1.165) is 0 Å². The van der Waals surface area contributed by atoms with Crippen molar-refractivity contribution >= 4 is 11.0 Å². The topological polar surface area (TPSA) is 79.7 Å². The van der Waals surface area contributed by atoms with Gasteiger partial charge in [0, 0.05) is 13.6 Å². The number of rotatable bonds is 2. The monoisotopic (exact) mass is 193 g/mol. The number of aryl methyl sites for hydroxylation is 1. The zero-order chi connectivity index (χ0) is 10.1. The average Bonchev–Trinajstić information content (AvgIpc) is 2.54. The highest BCUT2D eigenvalue weighted by atomic mass is 16.3. The fourth-order valence-corrected chi connectivity index (χ4v) is 1.37. The van der Waals surface area contributed by atoms with Gasteiger partial charge in [0.1, 0.15) is 5.49 Å². The zero-order valence-electron chi connectivity index (χ0n) is 7.80. The Bertz CT molecular complexity index is 512. The highest BCUT2D eigenvalue weighted by Gasteiger charge is 2.04. The van der Waals surface area contributed by atoms with Gasteiger partial charge in [0.05, 0.1) is 24.5 Å². The summed E-state index contributed by atoms with van der Waals surface area (Å²) in [6.07, 6.45) is 3.15. The maximum absolute atomic E-state index is 8.77. The van der Waals surface area contributed by atoms with Crippen LogP contribution in [-0.4, -0.2) is 31.0 Å². The molecule has 2 N–H and O–H groups in total. The third kappa shape index (κ3) is 1.20. The Morgan fingerprint density at radius 1 is 1.57 bits per heavy atom. The number of fused-ring (bicyclic) bond motifs is 1. The number of hydrogen-bond donors (Lipinski definition) is 2. The minimum absolute atomic E-state index is 0.00396. The van der Waals surface area contributed by atoms with Crippen molar-refractivity contribution in [3.63, 3.8) is 0 Å². The van der Waals surface area contributed by atoms with E-state index in [-0.39, 0.29) is 6.61 Å². The summed E-state index contributed by atoms with van der Waals surface area (Å²) >= 11 is 0. The molecular weight excluding hydrogens is 182 g/mol. The lowest BCUT2D eigenvalue weighted by Crippen LogP contribution is -2.22. The number of aliphatic hydroxyl groups excluding tert-OH is 1. The quantitative estimate of drug-likeness (QED) is 0.658. The minimum Gasteiger partial charge on any atom is -0.395 e. The number of aromatic nitrogens is 4. The highest BCUT2D eigenvalue weighted by molar-refractivity contribution is 5.72. The maximum atomic E-state index is 8.77. The second-order valence-electron chi connectivity index (χ2n) is 3.02. The van der Waals surface area contributed by atoms with Crippen LogP contribution in [0.3, 0.4) is 0 Å². The summed E-state index contributed by atoms with van der Waals surface area (Å²) in [4.78, 5) is 4.15.